The van der Waals surface area contributed by atoms with Crippen molar-refractivity contribution in [2.75, 3.05) is 20.1 Å². The van der Waals surface area contributed by atoms with Crippen LogP contribution in [-0.2, 0) is 4.79 Å². The maximum absolute atomic E-state index is 12.2. The summed E-state index contributed by atoms with van der Waals surface area (Å²) in [6.45, 7) is 2.12. The molecule has 0 aromatic heterocycles. The second kappa shape index (κ2) is 8.80. The Morgan fingerprint density at radius 1 is 1.11 bits per heavy atom. The molecular weight excluding hydrogens is 260 g/mol. The fraction of sp³-hybridized carbons (Fsp3) is 0.933. The number of nitrogens with zero attached hydrogens (tertiary/aromatic N) is 1. The number of hydrogen-bond donors (Lipinski definition) is 1. The van der Waals surface area contributed by atoms with Gasteiger partial charge in [0.05, 0.1) is 0 Å². The normalized spacial score (nSPS) is 21.7. The van der Waals surface area contributed by atoms with E-state index in [1.54, 1.807) is 0 Å². The van der Waals surface area contributed by atoms with Gasteiger partial charge in [0.1, 0.15) is 0 Å². The van der Waals surface area contributed by atoms with E-state index in [-0.39, 0.29) is 12.4 Å². The van der Waals surface area contributed by atoms with E-state index in [1.807, 2.05) is 11.9 Å². The molecule has 1 aliphatic heterocycles. The van der Waals surface area contributed by atoms with Crippen LogP contribution in [0.15, 0.2) is 0 Å². The number of piperidine rings is 1. The van der Waals surface area contributed by atoms with E-state index in [0.29, 0.717) is 11.9 Å². The van der Waals surface area contributed by atoms with E-state index in [9.17, 15) is 4.79 Å². The molecule has 19 heavy (non-hydrogen) atoms. The van der Waals surface area contributed by atoms with E-state index in [1.165, 1.54) is 32.1 Å². The van der Waals surface area contributed by atoms with E-state index < -0.39 is 0 Å². The molecule has 1 saturated heterocycles. The molecule has 0 aromatic carbocycles. The largest absolute Gasteiger partial charge is 0.343 e. The van der Waals surface area contributed by atoms with Crippen molar-refractivity contribution < 1.29 is 4.79 Å². The number of nitrogens with one attached hydrogen (secondary N) is 1. The van der Waals surface area contributed by atoms with Crippen LogP contribution >= 0.6 is 12.4 Å². The highest BCUT2D eigenvalue weighted by Gasteiger charge is 2.22. The molecule has 0 unspecified atom stereocenters. The topological polar surface area (TPSA) is 32.3 Å². The predicted molar refractivity (Wildman–Crippen MR) is 81.7 cm³/mol. The zero-order valence-corrected chi connectivity index (χ0v) is 13.0. The molecule has 1 amide bonds. The molecule has 0 aromatic rings. The zero-order valence-electron chi connectivity index (χ0n) is 12.2. The van der Waals surface area contributed by atoms with Crippen LogP contribution in [0.25, 0.3) is 0 Å². The van der Waals surface area contributed by atoms with Crippen molar-refractivity contribution in [3.63, 3.8) is 0 Å². The Hall–Kier alpha value is -0.280. The monoisotopic (exact) mass is 288 g/mol. The molecule has 1 aliphatic carbocycles. The third kappa shape index (κ3) is 5.31. The minimum Gasteiger partial charge on any atom is -0.343 e. The minimum atomic E-state index is 0. The fourth-order valence-corrected chi connectivity index (χ4v) is 3.38. The first-order valence-corrected chi connectivity index (χ1v) is 7.74. The highest BCUT2D eigenvalue weighted by atomic mass is 35.5. The van der Waals surface area contributed by atoms with Crippen molar-refractivity contribution in [1.29, 1.82) is 0 Å². The molecule has 112 valence electrons. The Kier molecular flexibility index (Phi) is 7.77. The van der Waals surface area contributed by atoms with Gasteiger partial charge in [0.15, 0.2) is 0 Å². The minimum absolute atomic E-state index is 0. The summed E-state index contributed by atoms with van der Waals surface area (Å²) in [5.41, 5.74) is 0. The Morgan fingerprint density at radius 3 is 2.37 bits per heavy atom. The highest BCUT2D eigenvalue weighted by molar-refractivity contribution is 5.85. The van der Waals surface area contributed by atoms with E-state index in [0.717, 1.165) is 44.7 Å². The average molecular weight is 289 g/mol. The number of hydrogen-bond acceptors (Lipinski definition) is 2. The lowest BCUT2D eigenvalue weighted by molar-refractivity contribution is -0.132. The molecule has 2 fully saturated rings. The predicted octanol–water partition coefficient (Wildman–Crippen LogP) is 2.98. The third-order valence-electron chi connectivity index (χ3n) is 4.74. The molecule has 1 saturated carbocycles. The second-order valence-corrected chi connectivity index (χ2v) is 6.03. The van der Waals surface area contributed by atoms with Gasteiger partial charge in [0.2, 0.25) is 5.91 Å². The summed E-state index contributed by atoms with van der Waals surface area (Å²) in [4.78, 5) is 14.2. The maximum atomic E-state index is 12.2. The summed E-state index contributed by atoms with van der Waals surface area (Å²) in [6, 6.07) is 0.477. The van der Waals surface area contributed by atoms with Gasteiger partial charge < -0.3 is 10.2 Å². The maximum Gasteiger partial charge on any atom is 0.222 e. The molecule has 2 rings (SSSR count). The Morgan fingerprint density at radius 2 is 1.74 bits per heavy atom. The second-order valence-electron chi connectivity index (χ2n) is 6.03. The first-order valence-electron chi connectivity index (χ1n) is 7.74. The molecule has 1 N–H and O–H groups in total. The summed E-state index contributed by atoms with van der Waals surface area (Å²) in [5.74, 6) is 1.19. The summed E-state index contributed by atoms with van der Waals surface area (Å²) in [6.07, 6.45) is 11.0. The molecular formula is C15H29ClN2O. The van der Waals surface area contributed by atoms with E-state index in [2.05, 4.69) is 5.32 Å². The van der Waals surface area contributed by atoms with Gasteiger partial charge in [0.25, 0.3) is 0 Å². The summed E-state index contributed by atoms with van der Waals surface area (Å²) >= 11 is 0. The van der Waals surface area contributed by atoms with Crippen molar-refractivity contribution in [3.8, 4) is 0 Å². The molecule has 0 atom stereocenters. The number of carbonyl (C=O) groups excluding carboxylic acids is 1. The zero-order chi connectivity index (χ0) is 12.8. The van der Waals surface area contributed by atoms with Crippen LogP contribution in [0.2, 0.25) is 0 Å². The van der Waals surface area contributed by atoms with Gasteiger partial charge in [-0.05, 0) is 38.3 Å². The smallest absolute Gasteiger partial charge is 0.222 e. The Bertz CT molecular complexity index is 261. The lowest BCUT2D eigenvalue weighted by Crippen LogP contribution is -2.44. The molecule has 0 bridgehead atoms. The molecule has 2 aliphatic rings. The van der Waals surface area contributed by atoms with Crippen LogP contribution in [0, 0.1) is 5.92 Å². The van der Waals surface area contributed by atoms with Gasteiger partial charge in [-0.25, -0.2) is 0 Å². The number of halogens is 1. The third-order valence-corrected chi connectivity index (χ3v) is 4.74. The van der Waals surface area contributed by atoms with Gasteiger partial charge >= 0.3 is 0 Å². The summed E-state index contributed by atoms with van der Waals surface area (Å²) in [5, 5.41) is 3.35. The first-order chi connectivity index (χ1) is 8.77. The fourth-order valence-electron chi connectivity index (χ4n) is 3.38. The Balaban J connectivity index is 0.00000180. The van der Waals surface area contributed by atoms with E-state index >= 15 is 0 Å². The van der Waals surface area contributed by atoms with Crippen molar-refractivity contribution in [2.24, 2.45) is 5.92 Å². The standard InChI is InChI=1S/C15H28N2O.ClH/c1-17(14-9-11-16-12-10-14)15(18)8-7-13-5-3-2-4-6-13;/h13-14,16H,2-12H2,1H3;1H. The summed E-state index contributed by atoms with van der Waals surface area (Å²) in [7, 11) is 2.00. The van der Waals surface area contributed by atoms with Crippen LogP contribution < -0.4 is 5.32 Å². The molecule has 0 radical (unpaired) electrons. The van der Waals surface area contributed by atoms with Gasteiger partial charge in [0, 0.05) is 19.5 Å². The van der Waals surface area contributed by atoms with Gasteiger partial charge in [-0.1, -0.05) is 32.1 Å². The van der Waals surface area contributed by atoms with Crippen molar-refractivity contribution in [2.45, 2.75) is 63.8 Å². The van der Waals surface area contributed by atoms with Crippen LogP contribution in [0.1, 0.15) is 57.8 Å². The molecule has 0 spiro atoms. The number of rotatable bonds is 4. The molecule has 3 nitrogen and oxygen atoms in total. The summed E-state index contributed by atoms with van der Waals surface area (Å²) < 4.78 is 0. The SMILES string of the molecule is CN(C(=O)CCC1CCCCC1)C1CCNCC1.Cl. The average Bonchev–Trinajstić information content (AvgIpc) is 2.46. The number of amides is 1. The van der Waals surface area contributed by atoms with Gasteiger partial charge in [-0.15, -0.1) is 12.4 Å². The number of carbonyl (C=O) groups is 1. The Labute approximate surface area is 123 Å². The molecule has 1 heterocycles. The van der Waals surface area contributed by atoms with Crippen molar-refractivity contribution >= 4 is 18.3 Å². The van der Waals surface area contributed by atoms with Crippen LogP contribution in [0.4, 0.5) is 0 Å². The quantitative estimate of drug-likeness (QED) is 0.862. The van der Waals surface area contributed by atoms with Crippen LogP contribution in [0.5, 0.6) is 0 Å². The highest BCUT2D eigenvalue weighted by Crippen LogP contribution is 2.27. The van der Waals surface area contributed by atoms with Crippen LogP contribution in [-0.4, -0.2) is 37.0 Å². The van der Waals surface area contributed by atoms with Gasteiger partial charge in [-0.2, -0.15) is 0 Å². The van der Waals surface area contributed by atoms with Gasteiger partial charge in [-0.3, -0.25) is 4.79 Å². The lowest BCUT2D eigenvalue weighted by Gasteiger charge is -2.32. The van der Waals surface area contributed by atoms with Crippen LogP contribution in [0.3, 0.4) is 0 Å². The van der Waals surface area contributed by atoms with Crippen molar-refractivity contribution in [3.05, 3.63) is 0 Å². The van der Waals surface area contributed by atoms with Crippen molar-refractivity contribution in [1.82, 2.24) is 10.2 Å². The first kappa shape index (κ1) is 16.8. The van der Waals surface area contributed by atoms with E-state index in [4.69, 9.17) is 0 Å². The molecule has 4 heteroatoms. The lowest BCUT2D eigenvalue weighted by atomic mass is 9.86.